The predicted octanol–water partition coefficient (Wildman–Crippen LogP) is 4.47. The Balaban J connectivity index is 2.10. The average Bonchev–Trinajstić information content (AvgIpc) is 2.56. The second-order valence-electron chi connectivity index (χ2n) is 6.22. The van der Waals surface area contributed by atoms with Crippen molar-refractivity contribution >= 4 is 23.1 Å². The molecule has 24 heavy (non-hydrogen) atoms. The zero-order valence-electron chi connectivity index (χ0n) is 14.7. The highest BCUT2D eigenvalue weighted by Gasteiger charge is 2.15. The van der Waals surface area contributed by atoms with Crippen LogP contribution in [0, 0.1) is 12.8 Å². The summed E-state index contributed by atoms with van der Waals surface area (Å²) in [5.41, 5.74) is 2.25. The number of pyridine rings is 1. The lowest BCUT2D eigenvalue weighted by molar-refractivity contribution is 0.414. The number of aromatic nitrogens is 1. The zero-order chi connectivity index (χ0) is 17.5. The fourth-order valence-corrected chi connectivity index (χ4v) is 2.74. The third kappa shape index (κ3) is 5.20. The van der Waals surface area contributed by atoms with Crippen LogP contribution in [0.4, 0.5) is 5.82 Å². The van der Waals surface area contributed by atoms with Crippen molar-refractivity contribution in [3.8, 4) is 5.75 Å². The topological polar surface area (TPSA) is 46.2 Å². The highest BCUT2D eigenvalue weighted by molar-refractivity contribution is 7.80. The summed E-state index contributed by atoms with van der Waals surface area (Å²) in [6, 6.07) is 12.2. The van der Waals surface area contributed by atoms with E-state index in [1.807, 2.05) is 31.2 Å². The largest absolute Gasteiger partial charge is 0.497 e. The number of methoxy groups -OCH3 is 1. The number of benzene rings is 1. The molecule has 1 heterocycles. The second-order valence-corrected chi connectivity index (χ2v) is 6.63. The first-order valence-corrected chi connectivity index (χ1v) is 8.53. The van der Waals surface area contributed by atoms with E-state index in [0.717, 1.165) is 23.6 Å². The molecule has 1 aromatic carbocycles. The standard InChI is InChI=1S/C19H25N3OS/c1-13(2)12-17(15-7-9-16(23-4)10-8-15)21-19(24)22-18-14(3)6-5-11-20-18/h5-11,13,17H,12H2,1-4H3,(H2,20,21,22,24). The van der Waals surface area contributed by atoms with Crippen molar-refractivity contribution in [3.63, 3.8) is 0 Å². The zero-order valence-corrected chi connectivity index (χ0v) is 15.5. The minimum Gasteiger partial charge on any atom is -0.497 e. The molecule has 0 saturated heterocycles. The molecule has 0 saturated carbocycles. The van der Waals surface area contributed by atoms with Gasteiger partial charge in [0.15, 0.2) is 5.11 Å². The van der Waals surface area contributed by atoms with E-state index in [9.17, 15) is 0 Å². The van der Waals surface area contributed by atoms with E-state index in [2.05, 4.69) is 41.6 Å². The van der Waals surface area contributed by atoms with Crippen LogP contribution in [-0.2, 0) is 0 Å². The van der Waals surface area contributed by atoms with Gasteiger partial charge in [-0.2, -0.15) is 0 Å². The van der Waals surface area contributed by atoms with Crippen molar-refractivity contribution in [2.75, 3.05) is 12.4 Å². The van der Waals surface area contributed by atoms with Gasteiger partial charge in [-0.3, -0.25) is 0 Å². The fourth-order valence-electron chi connectivity index (χ4n) is 2.50. The maximum atomic E-state index is 5.49. The van der Waals surface area contributed by atoms with Crippen LogP contribution in [-0.4, -0.2) is 17.2 Å². The number of nitrogens with one attached hydrogen (secondary N) is 2. The summed E-state index contributed by atoms with van der Waals surface area (Å²) >= 11 is 5.49. The van der Waals surface area contributed by atoms with E-state index in [4.69, 9.17) is 17.0 Å². The summed E-state index contributed by atoms with van der Waals surface area (Å²) in [6.45, 7) is 6.42. The molecule has 1 unspecified atom stereocenters. The number of hydrogen-bond acceptors (Lipinski definition) is 3. The molecule has 128 valence electrons. The van der Waals surface area contributed by atoms with Gasteiger partial charge in [0.1, 0.15) is 11.6 Å². The highest BCUT2D eigenvalue weighted by atomic mass is 32.1. The number of nitrogens with zero attached hydrogens (tertiary/aromatic N) is 1. The summed E-state index contributed by atoms with van der Waals surface area (Å²) in [7, 11) is 1.67. The van der Waals surface area contributed by atoms with Crippen molar-refractivity contribution < 1.29 is 4.74 Å². The number of rotatable bonds is 6. The second kappa shape index (κ2) is 8.64. The van der Waals surface area contributed by atoms with E-state index in [1.54, 1.807) is 13.3 Å². The molecule has 2 aromatic rings. The van der Waals surface area contributed by atoms with E-state index >= 15 is 0 Å². The molecule has 0 amide bonds. The van der Waals surface area contributed by atoms with Gasteiger partial charge >= 0.3 is 0 Å². The Hall–Kier alpha value is -2.14. The van der Waals surface area contributed by atoms with Crippen LogP contribution in [0.1, 0.15) is 37.4 Å². The molecule has 2 N–H and O–H groups in total. The first kappa shape index (κ1) is 18.2. The van der Waals surface area contributed by atoms with E-state index in [-0.39, 0.29) is 6.04 Å². The van der Waals surface area contributed by atoms with Gasteiger partial charge in [-0.15, -0.1) is 0 Å². The van der Waals surface area contributed by atoms with Crippen molar-refractivity contribution in [1.29, 1.82) is 0 Å². The molecule has 1 atom stereocenters. The van der Waals surface area contributed by atoms with Gasteiger partial charge in [-0.25, -0.2) is 4.98 Å². The smallest absolute Gasteiger partial charge is 0.172 e. The summed E-state index contributed by atoms with van der Waals surface area (Å²) < 4.78 is 5.24. The summed E-state index contributed by atoms with van der Waals surface area (Å²) in [5, 5.41) is 7.19. The lowest BCUT2D eigenvalue weighted by Crippen LogP contribution is -2.33. The Labute approximate surface area is 149 Å². The summed E-state index contributed by atoms with van der Waals surface area (Å²) in [5.74, 6) is 2.18. The molecule has 0 bridgehead atoms. The Morgan fingerprint density at radius 1 is 1.21 bits per heavy atom. The lowest BCUT2D eigenvalue weighted by atomic mass is 9.97. The van der Waals surface area contributed by atoms with E-state index < -0.39 is 0 Å². The van der Waals surface area contributed by atoms with Crippen molar-refractivity contribution in [2.45, 2.75) is 33.2 Å². The van der Waals surface area contributed by atoms with Crippen LogP contribution in [0.5, 0.6) is 5.75 Å². The summed E-state index contributed by atoms with van der Waals surface area (Å²) in [6.07, 6.45) is 2.74. The number of aryl methyl sites for hydroxylation is 1. The lowest BCUT2D eigenvalue weighted by Gasteiger charge is -2.23. The molecule has 0 aliphatic rings. The van der Waals surface area contributed by atoms with Gasteiger partial charge in [0.05, 0.1) is 13.2 Å². The molecule has 1 aromatic heterocycles. The molecule has 2 rings (SSSR count). The number of thiocarbonyl (C=S) groups is 1. The first-order valence-electron chi connectivity index (χ1n) is 8.12. The Bertz CT molecular complexity index is 671. The van der Waals surface area contributed by atoms with Crippen LogP contribution in [0.2, 0.25) is 0 Å². The Morgan fingerprint density at radius 3 is 2.50 bits per heavy atom. The van der Waals surface area contributed by atoms with Crippen LogP contribution in [0.3, 0.4) is 0 Å². The Morgan fingerprint density at radius 2 is 1.92 bits per heavy atom. The van der Waals surface area contributed by atoms with Crippen LogP contribution in [0.25, 0.3) is 0 Å². The molecule has 4 nitrogen and oxygen atoms in total. The number of hydrogen-bond donors (Lipinski definition) is 2. The SMILES string of the molecule is COc1ccc(C(CC(C)C)NC(=S)Nc2ncccc2C)cc1. The van der Waals surface area contributed by atoms with Gasteiger partial charge in [0, 0.05) is 6.20 Å². The molecule has 0 fully saturated rings. The van der Waals surface area contributed by atoms with E-state index in [1.165, 1.54) is 5.56 Å². The normalized spacial score (nSPS) is 11.9. The quantitative estimate of drug-likeness (QED) is 0.758. The molecular weight excluding hydrogens is 318 g/mol. The fraction of sp³-hybridized carbons (Fsp3) is 0.368. The molecule has 5 heteroatoms. The van der Waals surface area contributed by atoms with Crippen LogP contribution >= 0.6 is 12.2 Å². The third-order valence-electron chi connectivity index (χ3n) is 3.77. The number of ether oxygens (including phenoxy) is 1. The summed E-state index contributed by atoms with van der Waals surface area (Å²) in [4.78, 5) is 4.33. The van der Waals surface area contributed by atoms with Crippen LogP contribution in [0.15, 0.2) is 42.6 Å². The van der Waals surface area contributed by atoms with Crippen LogP contribution < -0.4 is 15.4 Å². The van der Waals surface area contributed by atoms with Crippen molar-refractivity contribution in [2.24, 2.45) is 5.92 Å². The molecule has 0 aliphatic heterocycles. The monoisotopic (exact) mass is 343 g/mol. The third-order valence-corrected chi connectivity index (χ3v) is 3.99. The van der Waals surface area contributed by atoms with Gasteiger partial charge in [-0.05, 0) is 60.8 Å². The maximum absolute atomic E-state index is 5.49. The average molecular weight is 343 g/mol. The molecular formula is C19H25N3OS. The molecule has 0 spiro atoms. The van der Waals surface area contributed by atoms with Crippen molar-refractivity contribution in [3.05, 3.63) is 53.7 Å². The Kier molecular flexibility index (Phi) is 6.55. The maximum Gasteiger partial charge on any atom is 0.172 e. The predicted molar refractivity (Wildman–Crippen MR) is 104 cm³/mol. The van der Waals surface area contributed by atoms with E-state index in [0.29, 0.717) is 11.0 Å². The minimum absolute atomic E-state index is 0.139. The molecule has 0 aliphatic carbocycles. The van der Waals surface area contributed by atoms with Gasteiger partial charge in [0.25, 0.3) is 0 Å². The number of anilines is 1. The first-order chi connectivity index (χ1) is 11.5. The molecule has 0 radical (unpaired) electrons. The highest BCUT2D eigenvalue weighted by Crippen LogP contribution is 2.24. The van der Waals surface area contributed by atoms with Gasteiger partial charge in [0.2, 0.25) is 0 Å². The van der Waals surface area contributed by atoms with Crippen molar-refractivity contribution in [1.82, 2.24) is 10.3 Å². The minimum atomic E-state index is 0.139. The van der Waals surface area contributed by atoms with Gasteiger partial charge in [-0.1, -0.05) is 32.0 Å². The van der Waals surface area contributed by atoms with Gasteiger partial charge < -0.3 is 15.4 Å².